The minimum atomic E-state index is -0.696. The number of esters is 1. The van der Waals surface area contributed by atoms with Gasteiger partial charge in [0, 0.05) is 7.11 Å². The fraction of sp³-hybridized carbons (Fsp3) is 0.537. The first-order chi connectivity index (χ1) is 23.3. The van der Waals surface area contributed by atoms with Crippen LogP contribution >= 0.6 is 0 Å². The lowest BCUT2D eigenvalue weighted by Gasteiger charge is -2.43. The van der Waals surface area contributed by atoms with Crippen LogP contribution in [0, 0.1) is 29.1 Å². The number of rotatable bonds is 19. The molecule has 270 valence electrons. The molecule has 0 spiro atoms. The first-order valence-electron chi connectivity index (χ1n) is 17.2. The average molecular weight is 679 g/mol. The zero-order valence-electron chi connectivity index (χ0n) is 31.0. The van der Waals surface area contributed by atoms with Gasteiger partial charge in [0.15, 0.2) is 6.10 Å². The number of methoxy groups -OCH3 is 3. The predicted molar refractivity (Wildman–Crippen MR) is 194 cm³/mol. The number of allylic oxidation sites excluding steroid dienone is 2. The van der Waals surface area contributed by atoms with Crippen LogP contribution in [-0.4, -0.2) is 58.5 Å². The number of carbonyl (C=O) groups excluding carboxylic acids is 1. The molecule has 1 aliphatic carbocycles. The van der Waals surface area contributed by atoms with E-state index in [1.54, 1.807) is 33.5 Å². The van der Waals surface area contributed by atoms with Crippen molar-refractivity contribution in [3.05, 3.63) is 85.5 Å². The fourth-order valence-corrected chi connectivity index (χ4v) is 6.46. The van der Waals surface area contributed by atoms with E-state index in [4.69, 9.17) is 33.2 Å². The molecule has 7 atom stereocenters. The molecule has 0 fully saturated rings. The summed E-state index contributed by atoms with van der Waals surface area (Å²) in [5.41, 5.74) is 0.575. The van der Waals surface area contributed by atoms with Crippen molar-refractivity contribution in [1.29, 1.82) is 0 Å². The number of benzene rings is 2. The zero-order valence-corrected chi connectivity index (χ0v) is 31.0. The lowest BCUT2D eigenvalue weighted by Crippen LogP contribution is -2.44. The molecule has 0 aromatic heterocycles. The Hall–Kier alpha value is -3.75. The molecule has 0 saturated heterocycles. The third-order valence-corrected chi connectivity index (χ3v) is 9.34. The van der Waals surface area contributed by atoms with Gasteiger partial charge in [0.1, 0.15) is 48.1 Å². The van der Waals surface area contributed by atoms with Gasteiger partial charge < -0.3 is 33.2 Å². The van der Waals surface area contributed by atoms with E-state index in [0.29, 0.717) is 36.2 Å². The van der Waals surface area contributed by atoms with Gasteiger partial charge >= 0.3 is 5.97 Å². The lowest BCUT2D eigenvalue weighted by molar-refractivity contribution is -0.164. The Morgan fingerprint density at radius 2 is 1.31 bits per heavy atom. The van der Waals surface area contributed by atoms with Crippen LogP contribution in [-0.2, 0) is 19.0 Å². The van der Waals surface area contributed by atoms with Gasteiger partial charge in [-0.05, 0) is 131 Å². The van der Waals surface area contributed by atoms with Crippen LogP contribution in [0.25, 0.3) is 0 Å². The maximum absolute atomic E-state index is 13.5. The molecule has 0 unspecified atom stereocenters. The topological polar surface area (TPSA) is 81.7 Å². The molecule has 0 saturated carbocycles. The summed E-state index contributed by atoms with van der Waals surface area (Å²) in [5.74, 6) is 3.43. The minimum Gasteiger partial charge on any atom is -0.497 e. The van der Waals surface area contributed by atoms with Gasteiger partial charge in [0.2, 0.25) is 0 Å². The molecular formula is C41H58O8. The van der Waals surface area contributed by atoms with Crippen molar-refractivity contribution < 1.29 is 38.0 Å². The Morgan fingerprint density at radius 3 is 1.73 bits per heavy atom. The second-order valence-electron chi connectivity index (χ2n) is 14.1. The highest BCUT2D eigenvalue weighted by Crippen LogP contribution is 2.45. The summed E-state index contributed by atoms with van der Waals surface area (Å²) in [6.45, 7) is 20.6. The van der Waals surface area contributed by atoms with Crippen LogP contribution in [0.4, 0.5) is 0 Å². The van der Waals surface area contributed by atoms with Gasteiger partial charge in [0.25, 0.3) is 0 Å². The molecule has 0 radical (unpaired) electrons. The first kappa shape index (κ1) is 39.7. The van der Waals surface area contributed by atoms with E-state index in [1.807, 2.05) is 69.3 Å². The quantitative estimate of drug-likeness (QED) is 0.0828. The molecular weight excluding hydrogens is 620 g/mol. The Bertz CT molecular complexity index is 1340. The van der Waals surface area contributed by atoms with Gasteiger partial charge in [-0.2, -0.15) is 0 Å². The normalized spacial score (nSPS) is 20.3. The Labute approximate surface area is 294 Å². The van der Waals surface area contributed by atoms with Gasteiger partial charge in [0.05, 0.1) is 19.6 Å². The van der Waals surface area contributed by atoms with E-state index in [-0.39, 0.29) is 30.7 Å². The van der Waals surface area contributed by atoms with Crippen molar-refractivity contribution in [1.82, 2.24) is 0 Å². The molecule has 0 amide bonds. The van der Waals surface area contributed by atoms with E-state index in [1.165, 1.54) is 5.57 Å². The van der Waals surface area contributed by atoms with Gasteiger partial charge in [-0.3, -0.25) is 4.79 Å². The van der Waals surface area contributed by atoms with Crippen LogP contribution in [0.15, 0.2) is 85.5 Å². The monoisotopic (exact) mass is 678 g/mol. The highest BCUT2D eigenvalue weighted by Gasteiger charge is 2.42. The Kier molecular flexibility index (Phi) is 15.3. The fourth-order valence-electron chi connectivity index (χ4n) is 6.46. The Balaban J connectivity index is 2.00. The summed E-state index contributed by atoms with van der Waals surface area (Å²) in [5, 5.41) is 0. The highest BCUT2D eigenvalue weighted by molar-refractivity contribution is 5.75. The Morgan fingerprint density at radius 1 is 0.816 bits per heavy atom. The summed E-state index contributed by atoms with van der Waals surface area (Å²) >= 11 is 0. The standard InChI is InChI=1S/C41H58O8/c1-12-36(47-31-19-15-29(44-10)16-20-31)38(46-26-43-9)24-34-28(5)14-23-33(27(3)4)35(34)25-39(49-40(42)41(6,7)8)37(13-2)48-32-21-17-30(45-11)18-22-32/h12-22,27,33-39H,1-2,23-26H2,3-11H3/t33-,34+,35-,36-,37+,38+,39-/m1/s1. The van der Waals surface area contributed by atoms with Crippen molar-refractivity contribution in [3.8, 4) is 23.0 Å². The van der Waals surface area contributed by atoms with E-state index < -0.39 is 23.7 Å². The van der Waals surface area contributed by atoms with E-state index in [2.05, 4.69) is 40.0 Å². The number of ether oxygens (including phenoxy) is 7. The van der Waals surface area contributed by atoms with Crippen molar-refractivity contribution >= 4 is 5.97 Å². The maximum atomic E-state index is 13.5. The van der Waals surface area contributed by atoms with Crippen LogP contribution in [0.1, 0.15) is 60.8 Å². The second-order valence-corrected chi connectivity index (χ2v) is 14.1. The van der Waals surface area contributed by atoms with E-state index in [9.17, 15) is 4.79 Å². The molecule has 0 bridgehead atoms. The summed E-state index contributed by atoms with van der Waals surface area (Å²) in [6.07, 6.45) is 6.01. The van der Waals surface area contributed by atoms with Crippen LogP contribution < -0.4 is 18.9 Å². The molecule has 0 aliphatic heterocycles. The maximum Gasteiger partial charge on any atom is 0.311 e. The summed E-state index contributed by atoms with van der Waals surface area (Å²) in [6, 6.07) is 14.9. The molecule has 0 heterocycles. The smallest absolute Gasteiger partial charge is 0.311 e. The van der Waals surface area contributed by atoms with Crippen molar-refractivity contribution in [2.24, 2.45) is 29.1 Å². The molecule has 8 heteroatoms. The lowest BCUT2D eigenvalue weighted by atomic mass is 9.64. The summed E-state index contributed by atoms with van der Waals surface area (Å²) in [7, 11) is 4.87. The van der Waals surface area contributed by atoms with Gasteiger partial charge in [-0.15, -0.1) is 0 Å². The van der Waals surface area contributed by atoms with Gasteiger partial charge in [-0.1, -0.05) is 38.7 Å². The molecule has 49 heavy (non-hydrogen) atoms. The second kappa shape index (κ2) is 18.9. The third-order valence-electron chi connectivity index (χ3n) is 9.34. The zero-order chi connectivity index (χ0) is 36.1. The molecule has 8 nitrogen and oxygen atoms in total. The van der Waals surface area contributed by atoms with Crippen molar-refractivity contribution in [3.63, 3.8) is 0 Å². The molecule has 1 aliphatic rings. The first-order valence-corrected chi connectivity index (χ1v) is 17.2. The van der Waals surface area contributed by atoms with E-state index in [0.717, 1.165) is 17.9 Å². The molecule has 3 rings (SSSR count). The van der Waals surface area contributed by atoms with Crippen LogP contribution in [0.3, 0.4) is 0 Å². The van der Waals surface area contributed by atoms with Crippen LogP contribution in [0.5, 0.6) is 23.0 Å². The predicted octanol–water partition coefficient (Wildman–Crippen LogP) is 8.85. The molecule has 2 aromatic carbocycles. The SMILES string of the molecule is C=C[C@H](Oc1ccc(OC)cc1)[C@@H](C[C@@H]1[C@@H](C(C)C)CC=C(C)[C@@H]1C[C@H](OCOC)[C@@H](C=C)Oc1ccc(OC)cc1)OC(=O)C(C)(C)C. The third kappa shape index (κ3) is 11.4. The van der Waals surface area contributed by atoms with Crippen LogP contribution in [0.2, 0.25) is 0 Å². The number of hydrogen-bond acceptors (Lipinski definition) is 8. The number of hydrogen-bond donors (Lipinski definition) is 0. The largest absolute Gasteiger partial charge is 0.497 e. The molecule has 0 N–H and O–H groups in total. The van der Waals surface area contributed by atoms with Crippen molar-refractivity contribution in [2.45, 2.75) is 85.2 Å². The molecule has 2 aromatic rings. The van der Waals surface area contributed by atoms with Crippen molar-refractivity contribution in [2.75, 3.05) is 28.1 Å². The summed E-state index contributed by atoms with van der Waals surface area (Å²) in [4.78, 5) is 13.5. The summed E-state index contributed by atoms with van der Waals surface area (Å²) < 4.78 is 41.6. The van der Waals surface area contributed by atoms with Gasteiger partial charge in [-0.25, -0.2) is 0 Å². The van der Waals surface area contributed by atoms with E-state index >= 15 is 0 Å². The minimum absolute atomic E-state index is 0.0900. The average Bonchev–Trinajstić information content (AvgIpc) is 3.08. The number of carbonyl (C=O) groups is 1. The highest BCUT2D eigenvalue weighted by atomic mass is 16.7.